The maximum Gasteiger partial charge on any atom is 0.145 e. The quantitative estimate of drug-likeness (QED) is 0.800. The second-order valence-corrected chi connectivity index (χ2v) is 3.67. The molecule has 0 bridgehead atoms. The maximum atomic E-state index is 12.1. The summed E-state index contributed by atoms with van der Waals surface area (Å²) < 4.78 is 22.2. The summed E-state index contributed by atoms with van der Waals surface area (Å²) in [6, 6.07) is 7.33. The molecule has 90 valence electrons. The molecule has 0 aliphatic heterocycles. The van der Waals surface area contributed by atoms with Crippen LogP contribution in [0.2, 0.25) is 0 Å². The molecule has 0 aliphatic rings. The van der Waals surface area contributed by atoms with E-state index in [0.717, 1.165) is 17.0 Å². The first-order valence-electron chi connectivity index (χ1n) is 5.35. The zero-order valence-electron chi connectivity index (χ0n) is 9.52. The lowest BCUT2D eigenvalue weighted by Gasteiger charge is -2.04. The number of nitrogens with zero attached hydrogens (tertiary/aromatic N) is 2. The monoisotopic (exact) mass is 236 g/mol. The Labute approximate surface area is 98.4 Å². The molecule has 0 spiro atoms. The average Bonchev–Trinajstić information content (AvgIpc) is 2.75. The summed E-state index contributed by atoms with van der Waals surface area (Å²) in [4.78, 5) is 0. The molecular formula is C12H13FN2O2. The molecule has 0 atom stereocenters. The lowest BCUT2D eigenvalue weighted by atomic mass is 10.2. The van der Waals surface area contributed by atoms with Gasteiger partial charge in [-0.05, 0) is 24.6 Å². The van der Waals surface area contributed by atoms with Crippen molar-refractivity contribution < 1.29 is 13.8 Å². The summed E-state index contributed by atoms with van der Waals surface area (Å²) in [6.45, 7) is 1.78. The molecule has 0 aliphatic carbocycles. The van der Waals surface area contributed by atoms with Crippen LogP contribution in [-0.4, -0.2) is 17.0 Å². The molecule has 2 rings (SSSR count). The fourth-order valence-corrected chi connectivity index (χ4v) is 1.39. The van der Waals surface area contributed by atoms with E-state index in [0.29, 0.717) is 18.7 Å². The van der Waals surface area contributed by atoms with E-state index >= 15 is 0 Å². The second kappa shape index (κ2) is 5.43. The van der Waals surface area contributed by atoms with E-state index in [1.54, 1.807) is 6.92 Å². The third-order valence-corrected chi connectivity index (χ3v) is 2.43. The third-order valence-electron chi connectivity index (χ3n) is 2.43. The molecule has 0 amide bonds. The lowest BCUT2D eigenvalue weighted by molar-refractivity contribution is 0.270. The van der Waals surface area contributed by atoms with Crippen molar-refractivity contribution in [2.24, 2.45) is 0 Å². The van der Waals surface area contributed by atoms with Gasteiger partial charge in [-0.15, -0.1) is 0 Å². The Hall–Kier alpha value is -1.91. The first-order valence-corrected chi connectivity index (χ1v) is 5.35. The SMILES string of the molecule is Cc1nonc1COc1ccc(CCF)cc1. The summed E-state index contributed by atoms with van der Waals surface area (Å²) >= 11 is 0. The molecule has 0 fully saturated rings. The first kappa shape index (κ1) is 11.6. The van der Waals surface area contributed by atoms with Crippen molar-refractivity contribution in [3.05, 3.63) is 41.2 Å². The number of benzene rings is 1. The summed E-state index contributed by atoms with van der Waals surface area (Å²) in [5.74, 6) is 0.718. The van der Waals surface area contributed by atoms with Gasteiger partial charge in [0.05, 0.1) is 6.67 Å². The minimum atomic E-state index is -0.343. The zero-order chi connectivity index (χ0) is 12.1. The number of alkyl halides is 1. The van der Waals surface area contributed by atoms with Crippen LogP contribution < -0.4 is 4.74 Å². The lowest BCUT2D eigenvalue weighted by Crippen LogP contribution is -1.98. The van der Waals surface area contributed by atoms with E-state index in [4.69, 9.17) is 4.74 Å². The van der Waals surface area contributed by atoms with Gasteiger partial charge in [0.2, 0.25) is 0 Å². The van der Waals surface area contributed by atoms with Crippen molar-refractivity contribution >= 4 is 0 Å². The normalized spacial score (nSPS) is 10.5. The smallest absolute Gasteiger partial charge is 0.145 e. The topological polar surface area (TPSA) is 48.2 Å². The van der Waals surface area contributed by atoms with Crippen LogP contribution in [0.25, 0.3) is 0 Å². The van der Waals surface area contributed by atoms with E-state index in [2.05, 4.69) is 14.9 Å². The van der Waals surface area contributed by atoms with Crippen LogP contribution in [0.5, 0.6) is 5.75 Å². The van der Waals surface area contributed by atoms with Gasteiger partial charge in [-0.25, -0.2) is 4.63 Å². The van der Waals surface area contributed by atoms with E-state index in [1.165, 1.54) is 0 Å². The van der Waals surface area contributed by atoms with E-state index in [9.17, 15) is 4.39 Å². The van der Waals surface area contributed by atoms with Crippen molar-refractivity contribution in [1.82, 2.24) is 10.3 Å². The van der Waals surface area contributed by atoms with E-state index < -0.39 is 0 Å². The molecule has 4 nitrogen and oxygen atoms in total. The van der Waals surface area contributed by atoms with Crippen molar-refractivity contribution in [1.29, 1.82) is 0 Å². The van der Waals surface area contributed by atoms with Gasteiger partial charge < -0.3 is 4.74 Å². The molecule has 1 heterocycles. The Bertz CT molecular complexity index is 468. The molecule has 1 aromatic carbocycles. The largest absolute Gasteiger partial charge is 0.487 e. The van der Waals surface area contributed by atoms with Crippen molar-refractivity contribution in [2.45, 2.75) is 20.0 Å². The van der Waals surface area contributed by atoms with Crippen molar-refractivity contribution in [3.63, 3.8) is 0 Å². The molecule has 0 saturated heterocycles. The first-order chi connectivity index (χ1) is 8.29. The summed E-state index contributed by atoms with van der Waals surface area (Å²) in [5, 5.41) is 7.38. The Morgan fingerprint density at radius 3 is 2.59 bits per heavy atom. The standard InChI is InChI=1S/C12H13FN2O2/c1-9-12(15-17-14-9)8-16-11-4-2-10(3-5-11)6-7-13/h2-5H,6-8H2,1H3. The zero-order valence-corrected chi connectivity index (χ0v) is 9.52. The van der Waals surface area contributed by atoms with Gasteiger partial charge in [0.1, 0.15) is 23.7 Å². The maximum absolute atomic E-state index is 12.1. The number of hydrogen-bond donors (Lipinski definition) is 0. The number of hydrogen-bond acceptors (Lipinski definition) is 4. The predicted octanol–water partition coefficient (Wildman–Crippen LogP) is 2.47. The Kier molecular flexibility index (Phi) is 3.69. The van der Waals surface area contributed by atoms with Gasteiger partial charge in [0, 0.05) is 6.42 Å². The van der Waals surface area contributed by atoms with Crippen LogP contribution in [0.1, 0.15) is 17.0 Å². The summed E-state index contributed by atoms with van der Waals surface area (Å²) in [7, 11) is 0. The van der Waals surface area contributed by atoms with Gasteiger partial charge in [-0.3, -0.25) is 4.39 Å². The molecule has 5 heteroatoms. The molecule has 17 heavy (non-hydrogen) atoms. The minimum Gasteiger partial charge on any atom is -0.487 e. The fourth-order valence-electron chi connectivity index (χ4n) is 1.39. The Morgan fingerprint density at radius 2 is 2.00 bits per heavy atom. The minimum absolute atomic E-state index is 0.317. The van der Waals surface area contributed by atoms with Crippen molar-refractivity contribution in [2.75, 3.05) is 6.67 Å². The molecule has 2 aromatic rings. The fraction of sp³-hybridized carbons (Fsp3) is 0.333. The highest BCUT2D eigenvalue weighted by Crippen LogP contribution is 2.14. The number of aromatic nitrogens is 2. The highest BCUT2D eigenvalue weighted by atomic mass is 19.1. The number of halogens is 1. The van der Waals surface area contributed by atoms with Crippen LogP contribution in [-0.2, 0) is 13.0 Å². The summed E-state index contributed by atoms with van der Waals surface area (Å²) in [6.07, 6.45) is 0.437. The van der Waals surface area contributed by atoms with E-state index in [-0.39, 0.29) is 6.67 Å². The average molecular weight is 236 g/mol. The molecular weight excluding hydrogens is 223 g/mol. The van der Waals surface area contributed by atoms with Crippen LogP contribution in [0.15, 0.2) is 28.9 Å². The predicted molar refractivity (Wildman–Crippen MR) is 59.5 cm³/mol. The molecule has 1 aromatic heterocycles. The van der Waals surface area contributed by atoms with Crippen LogP contribution in [0, 0.1) is 6.92 Å². The number of aryl methyl sites for hydroxylation is 2. The van der Waals surface area contributed by atoms with Gasteiger partial charge in [-0.1, -0.05) is 22.4 Å². The molecule has 0 unspecified atom stereocenters. The Morgan fingerprint density at radius 1 is 1.24 bits per heavy atom. The number of rotatable bonds is 5. The van der Waals surface area contributed by atoms with Gasteiger partial charge >= 0.3 is 0 Å². The van der Waals surface area contributed by atoms with Gasteiger partial charge in [-0.2, -0.15) is 0 Å². The molecule has 0 saturated carbocycles. The van der Waals surface area contributed by atoms with Gasteiger partial charge in [0.25, 0.3) is 0 Å². The van der Waals surface area contributed by atoms with E-state index in [1.807, 2.05) is 24.3 Å². The number of ether oxygens (including phenoxy) is 1. The molecule has 0 N–H and O–H groups in total. The van der Waals surface area contributed by atoms with Crippen LogP contribution >= 0.6 is 0 Å². The van der Waals surface area contributed by atoms with Crippen LogP contribution in [0.3, 0.4) is 0 Å². The third kappa shape index (κ3) is 3.03. The van der Waals surface area contributed by atoms with Gasteiger partial charge in [0.15, 0.2) is 0 Å². The van der Waals surface area contributed by atoms with Crippen LogP contribution in [0.4, 0.5) is 4.39 Å². The van der Waals surface area contributed by atoms with Crippen molar-refractivity contribution in [3.8, 4) is 5.75 Å². The Balaban J connectivity index is 1.93. The highest BCUT2D eigenvalue weighted by Gasteiger charge is 2.05. The second-order valence-electron chi connectivity index (χ2n) is 3.67. The molecule has 0 radical (unpaired) electrons. The summed E-state index contributed by atoms with van der Waals surface area (Å²) in [5.41, 5.74) is 2.36. The highest BCUT2D eigenvalue weighted by molar-refractivity contribution is 5.27.